The summed E-state index contributed by atoms with van der Waals surface area (Å²) in [7, 11) is -3.98. The average molecular weight is 354 g/mol. The van der Waals surface area contributed by atoms with Gasteiger partial charge in [0.25, 0.3) is 0 Å². The van der Waals surface area contributed by atoms with E-state index >= 15 is 0 Å². The number of hydrogen-bond donors (Lipinski definition) is 2. The number of sulfonamides is 1. The molecule has 0 aromatic heterocycles. The lowest BCUT2D eigenvalue weighted by atomic mass is 10.1. The summed E-state index contributed by atoms with van der Waals surface area (Å²) in [5, 5.41) is 18.3. The van der Waals surface area contributed by atoms with Crippen molar-refractivity contribution in [1.82, 2.24) is 4.31 Å². The van der Waals surface area contributed by atoms with E-state index in [2.05, 4.69) is 0 Å². The third-order valence-corrected chi connectivity index (χ3v) is 5.87. The van der Waals surface area contributed by atoms with Crippen molar-refractivity contribution < 1.29 is 23.4 Å². The molecule has 1 aliphatic rings. The first kappa shape index (κ1) is 16.5. The van der Waals surface area contributed by atoms with Gasteiger partial charge in [-0.25, -0.2) is 13.2 Å². The van der Waals surface area contributed by atoms with Crippen LogP contribution in [0.25, 0.3) is 0 Å². The first-order valence-corrected chi connectivity index (χ1v) is 8.33. The second-order valence-corrected chi connectivity index (χ2v) is 7.45. The Morgan fingerprint density at radius 3 is 2.52 bits per heavy atom. The summed E-state index contributed by atoms with van der Waals surface area (Å²) < 4.78 is 26.2. The molecular weight excluding hydrogens is 341 g/mol. The van der Waals surface area contributed by atoms with E-state index in [1.807, 2.05) is 0 Å². The lowest BCUT2D eigenvalue weighted by molar-refractivity contribution is 0.0696. The SMILES string of the molecule is O=C(O)c1cc(S(=O)(=O)N2CCCC(O)C2)c(Cl)cc1Cl. The highest BCUT2D eigenvalue weighted by Crippen LogP contribution is 2.31. The quantitative estimate of drug-likeness (QED) is 0.864. The number of aliphatic hydroxyl groups is 1. The zero-order valence-corrected chi connectivity index (χ0v) is 13.1. The zero-order valence-electron chi connectivity index (χ0n) is 10.8. The molecule has 116 valence electrons. The molecule has 0 amide bonds. The molecule has 0 radical (unpaired) electrons. The molecule has 0 saturated carbocycles. The third kappa shape index (κ3) is 3.32. The molecule has 1 saturated heterocycles. The van der Waals surface area contributed by atoms with Crippen LogP contribution in [0.5, 0.6) is 0 Å². The molecule has 2 N–H and O–H groups in total. The van der Waals surface area contributed by atoms with Crippen molar-refractivity contribution in [3.05, 3.63) is 27.7 Å². The number of carboxylic acids is 1. The summed E-state index contributed by atoms with van der Waals surface area (Å²) in [6.45, 7) is 0.213. The van der Waals surface area contributed by atoms with Gasteiger partial charge in [0, 0.05) is 13.1 Å². The van der Waals surface area contributed by atoms with Gasteiger partial charge in [0.1, 0.15) is 4.90 Å². The highest BCUT2D eigenvalue weighted by atomic mass is 35.5. The van der Waals surface area contributed by atoms with E-state index in [1.54, 1.807) is 0 Å². The molecule has 1 aromatic carbocycles. The molecule has 1 unspecified atom stereocenters. The minimum absolute atomic E-state index is 0.0380. The minimum atomic E-state index is -3.98. The van der Waals surface area contributed by atoms with Crippen LogP contribution in [0.4, 0.5) is 0 Å². The molecular formula is C12H13Cl2NO5S. The molecule has 1 heterocycles. The summed E-state index contributed by atoms with van der Waals surface area (Å²) in [5.41, 5.74) is -0.336. The number of aliphatic hydroxyl groups excluding tert-OH is 1. The summed E-state index contributed by atoms with van der Waals surface area (Å²) in [6, 6.07) is 2.04. The predicted octanol–water partition coefficient (Wildman–Crippen LogP) is 1.84. The van der Waals surface area contributed by atoms with E-state index in [1.165, 1.54) is 0 Å². The number of carbonyl (C=O) groups is 1. The van der Waals surface area contributed by atoms with Crippen LogP contribution in [0.3, 0.4) is 0 Å². The van der Waals surface area contributed by atoms with Crippen LogP contribution in [-0.4, -0.2) is 48.1 Å². The zero-order chi connectivity index (χ0) is 15.8. The van der Waals surface area contributed by atoms with Crippen molar-refractivity contribution in [2.45, 2.75) is 23.8 Å². The fourth-order valence-corrected chi connectivity index (χ4v) is 4.51. The van der Waals surface area contributed by atoms with Crippen LogP contribution in [-0.2, 0) is 10.0 Å². The van der Waals surface area contributed by atoms with Crippen LogP contribution >= 0.6 is 23.2 Å². The van der Waals surface area contributed by atoms with Crippen LogP contribution < -0.4 is 0 Å². The Hall–Kier alpha value is -0.860. The minimum Gasteiger partial charge on any atom is -0.478 e. The van der Waals surface area contributed by atoms with Gasteiger partial charge in [0.15, 0.2) is 0 Å². The number of hydrogen-bond acceptors (Lipinski definition) is 4. The number of rotatable bonds is 3. The third-order valence-electron chi connectivity index (χ3n) is 3.23. The Bertz CT molecular complexity index is 676. The largest absolute Gasteiger partial charge is 0.478 e. The normalized spacial score (nSPS) is 20.4. The van der Waals surface area contributed by atoms with Crippen molar-refractivity contribution in [3.63, 3.8) is 0 Å². The van der Waals surface area contributed by atoms with Crippen LogP contribution in [0.15, 0.2) is 17.0 Å². The predicted molar refractivity (Wildman–Crippen MR) is 77.4 cm³/mol. The van der Waals surface area contributed by atoms with Gasteiger partial charge in [0.05, 0.1) is 21.7 Å². The first-order chi connectivity index (χ1) is 9.73. The number of β-amino-alcohol motifs (C(OH)–C–C–N with tert-alkyl or cyclic N) is 1. The van der Waals surface area contributed by atoms with Crippen LogP contribution in [0.1, 0.15) is 23.2 Å². The highest BCUT2D eigenvalue weighted by molar-refractivity contribution is 7.89. The summed E-state index contributed by atoms with van der Waals surface area (Å²) >= 11 is 11.6. The molecule has 6 nitrogen and oxygen atoms in total. The molecule has 1 aliphatic heterocycles. The number of aromatic carboxylic acids is 1. The summed E-state index contributed by atoms with van der Waals surface area (Å²) in [6.07, 6.45) is 0.316. The molecule has 0 bridgehead atoms. The Balaban J connectivity index is 2.49. The maximum atomic E-state index is 12.5. The standard InChI is InChI=1S/C12H13Cl2NO5S/c13-9-5-10(14)11(4-8(9)12(17)18)21(19,20)15-3-1-2-7(16)6-15/h4-5,7,16H,1-3,6H2,(H,17,18). The molecule has 9 heteroatoms. The number of halogens is 2. The monoisotopic (exact) mass is 353 g/mol. The van der Waals surface area contributed by atoms with Gasteiger partial charge in [-0.2, -0.15) is 4.31 Å². The van der Waals surface area contributed by atoms with Gasteiger partial charge in [-0.05, 0) is 25.0 Å². The van der Waals surface area contributed by atoms with E-state index in [-0.39, 0.29) is 33.6 Å². The molecule has 21 heavy (non-hydrogen) atoms. The van der Waals surface area contributed by atoms with Gasteiger partial charge in [-0.1, -0.05) is 23.2 Å². The number of carboxylic acid groups (broad SMARTS) is 1. The van der Waals surface area contributed by atoms with Crippen molar-refractivity contribution in [3.8, 4) is 0 Å². The Labute approximate surface area is 131 Å². The van der Waals surface area contributed by atoms with Crippen LogP contribution in [0.2, 0.25) is 10.0 Å². The fourth-order valence-electron chi connectivity index (χ4n) is 2.17. The lowest BCUT2D eigenvalue weighted by Crippen LogP contribution is -2.42. The Kier molecular flexibility index (Phi) is 4.79. The smallest absolute Gasteiger partial charge is 0.337 e. The van der Waals surface area contributed by atoms with Gasteiger partial charge in [0.2, 0.25) is 10.0 Å². The van der Waals surface area contributed by atoms with Crippen molar-refractivity contribution in [1.29, 1.82) is 0 Å². The second kappa shape index (κ2) is 6.10. The summed E-state index contributed by atoms with van der Waals surface area (Å²) in [5.74, 6) is -1.34. The number of nitrogens with zero attached hydrogens (tertiary/aromatic N) is 1. The number of piperidine rings is 1. The van der Waals surface area contributed by atoms with Gasteiger partial charge < -0.3 is 10.2 Å². The van der Waals surface area contributed by atoms with Crippen molar-refractivity contribution in [2.75, 3.05) is 13.1 Å². The summed E-state index contributed by atoms with van der Waals surface area (Å²) in [4.78, 5) is 10.7. The van der Waals surface area contributed by atoms with Gasteiger partial charge in [-0.15, -0.1) is 0 Å². The molecule has 1 atom stereocenters. The van der Waals surface area contributed by atoms with E-state index in [0.717, 1.165) is 16.4 Å². The van der Waals surface area contributed by atoms with Crippen LogP contribution in [0, 0.1) is 0 Å². The average Bonchev–Trinajstić information content (AvgIpc) is 2.37. The highest BCUT2D eigenvalue weighted by Gasteiger charge is 2.32. The van der Waals surface area contributed by atoms with Crippen molar-refractivity contribution in [2.24, 2.45) is 0 Å². The molecule has 1 aromatic rings. The molecule has 0 spiro atoms. The maximum absolute atomic E-state index is 12.5. The first-order valence-electron chi connectivity index (χ1n) is 6.14. The van der Waals surface area contributed by atoms with Gasteiger partial charge in [-0.3, -0.25) is 0 Å². The topological polar surface area (TPSA) is 94.9 Å². The Morgan fingerprint density at radius 1 is 1.29 bits per heavy atom. The lowest BCUT2D eigenvalue weighted by Gasteiger charge is -2.29. The fraction of sp³-hybridized carbons (Fsp3) is 0.417. The maximum Gasteiger partial charge on any atom is 0.337 e. The molecule has 2 rings (SSSR count). The van der Waals surface area contributed by atoms with E-state index < -0.39 is 22.1 Å². The van der Waals surface area contributed by atoms with Crippen molar-refractivity contribution >= 4 is 39.2 Å². The second-order valence-electron chi connectivity index (χ2n) is 4.73. The van der Waals surface area contributed by atoms with E-state index in [0.29, 0.717) is 12.8 Å². The molecule has 1 fully saturated rings. The van der Waals surface area contributed by atoms with E-state index in [9.17, 15) is 18.3 Å². The Morgan fingerprint density at radius 2 is 1.95 bits per heavy atom. The van der Waals surface area contributed by atoms with E-state index in [4.69, 9.17) is 28.3 Å². The number of benzene rings is 1. The van der Waals surface area contributed by atoms with Gasteiger partial charge >= 0.3 is 5.97 Å². The molecule has 0 aliphatic carbocycles.